The molecule has 0 aromatic carbocycles. The molecule has 2 saturated heterocycles. The molecule has 0 aromatic rings. The lowest BCUT2D eigenvalue weighted by Gasteiger charge is -2.34. The summed E-state index contributed by atoms with van der Waals surface area (Å²) >= 11 is 0. The SMILES string of the molecule is CCN1CCN(CCCNC(=O)C(C)N2CCOCC2)CC1. The van der Waals surface area contributed by atoms with Crippen LogP contribution in [0.1, 0.15) is 20.3 Å². The predicted octanol–water partition coefficient (Wildman–Crippen LogP) is -0.149. The van der Waals surface area contributed by atoms with Gasteiger partial charge >= 0.3 is 0 Å². The number of carbonyl (C=O) groups is 1. The standard InChI is InChI=1S/C16H32N4O2/c1-3-18-7-9-19(10-8-18)6-4-5-17-16(21)15(2)20-11-13-22-14-12-20/h15H,3-14H2,1-2H3,(H,17,21). The highest BCUT2D eigenvalue weighted by molar-refractivity contribution is 5.81. The van der Waals surface area contributed by atoms with Crippen LogP contribution in [0.4, 0.5) is 0 Å². The third-order valence-corrected chi connectivity index (χ3v) is 4.84. The lowest BCUT2D eigenvalue weighted by Crippen LogP contribution is -2.50. The van der Waals surface area contributed by atoms with Gasteiger partial charge in [0.15, 0.2) is 0 Å². The van der Waals surface area contributed by atoms with Crippen LogP contribution in [-0.4, -0.2) is 98.8 Å². The number of nitrogens with zero attached hydrogens (tertiary/aromatic N) is 3. The molecule has 1 amide bonds. The molecule has 2 heterocycles. The number of amides is 1. The Morgan fingerprint density at radius 1 is 1.09 bits per heavy atom. The summed E-state index contributed by atoms with van der Waals surface area (Å²) in [4.78, 5) is 19.4. The van der Waals surface area contributed by atoms with Crippen LogP contribution in [0.3, 0.4) is 0 Å². The van der Waals surface area contributed by atoms with Crippen LogP contribution >= 0.6 is 0 Å². The van der Waals surface area contributed by atoms with E-state index < -0.39 is 0 Å². The van der Waals surface area contributed by atoms with Crippen LogP contribution in [0.5, 0.6) is 0 Å². The summed E-state index contributed by atoms with van der Waals surface area (Å²) in [6.45, 7) is 15.1. The molecule has 0 bridgehead atoms. The van der Waals surface area contributed by atoms with Crippen LogP contribution in [-0.2, 0) is 9.53 Å². The van der Waals surface area contributed by atoms with Gasteiger partial charge in [-0.3, -0.25) is 9.69 Å². The van der Waals surface area contributed by atoms with Crippen LogP contribution in [0.15, 0.2) is 0 Å². The van der Waals surface area contributed by atoms with Gasteiger partial charge in [-0.1, -0.05) is 6.92 Å². The van der Waals surface area contributed by atoms with Crippen molar-refractivity contribution in [2.75, 3.05) is 72.1 Å². The summed E-state index contributed by atoms with van der Waals surface area (Å²) in [5.74, 6) is 0.151. The number of rotatable bonds is 7. The summed E-state index contributed by atoms with van der Waals surface area (Å²) < 4.78 is 5.33. The molecular formula is C16H32N4O2. The molecular weight excluding hydrogens is 280 g/mol. The van der Waals surface area contributed by atoms with Crippen molar-refractivity contribution in [3.05, 3.63) is 0 Å². The van der Waals surface area contributed by atoms with Gasteiger partial charge in [0.05, 0.1) is 19.3 Å². The fraction of sp³-hybridized carbons (Fsp3) is 0.938. The van der Waals surface area contributed by atoms with E-state index >= 15 is 0 Å². The average molecular weight is 312 g/mol. The van der Waals surface area contributed by atoms with Gasteiger partial charge in [0, 0.05) is 45.8 Å². The molecule has 1 unspecified atom stereocenters. The highest BCUT2D eigenvalue weighted by Gasteiger charge is 2.22. The number of piperazine rings is 1. The summed E-state index contributed by atoms with van der Waals surface area (Å²) in [5.41, 5.74) is 0. The predicted molar refractivity (Wildman–Crippen MR) is 88.0 cm³/mol. The van der Waals surface area contributed by atoms with Gasteiger partial charge < -0.3 is 19.9 Å². The fourth-order valence-corrected chi connectivity index (χ4v) is 3.12. The number of hydrogen-bond acceptors (Lipinski definition) is 5. The van der Waals surface area contributed by atoms with Crippen molar-refractivity contribution < 1.29 is 9.53 Å². The molecule has 0 aromatic heterocycles. The van der Waals surface area contributed by atoms with E-state index in [1.54, 1.807) is 0 Å². The van der Waals surface area contributed by atoms with Crippen LogP contribution in [0, 0.1) is 0 Å². The van der Waals surface area contributed by atoms with Gasteiger partial charge in [-0.25, -0.2) is 0 Å². The van der Waals surface area contributed by atoms with Gasteiger partial charge in [-0.2, -0.15) is 0 Å². The summed E-state index contributed by atoms with van der Waals surface area (Å²) in [6.07, 6.45) is 1.04. The fourth-order valence-electron chi connectivity index (χ4n) is 3.12. The van der Waals surface area contributed by atoms with Crippen LogP contribution < -0.4 is 5.32 Å². The lowest BCUT2D eigenvalue weighted by molar-refractivity contribution is -0.127. The zero-order chi connectivity index (χ0) is 15.8. The van der Waals surface area contributed by atoms with E-state index in [9.17, 15) is 4.79 Å². The monoisotopic (exact) mass is 312 g/mol. The number of nitrogens with one attached hydrogen (secondary N) is 1. The van der Waals surface area contributed by atoms with Crippen molar-refractivity contribution in [1.29, 1.82) is 0 Å². The van der Waals surface area contributed by atoms with E-state index in [-0.39, 0.29) is 11.9 Å². The zero-order valence-electron chi connectivity index (χ0n) is 14.2. The largest absolute Gasteiger partial charge is 0.379 e. The van der Waals surface area contributed by atoms with Gasteiger partial charge in [0.2, 0.25) is 5.91 Å². The van der Waals surface area contributed by atoms with Gasteiger partial charge in [-0.05, 0) is 26.4 Å². The minimum Gasteiger partial charge on any atom is -0.379 e. The average Bonchev–Trinajstić information content (AvgIpc) is 2.59. The maximum Gasteiger partial charge on any atom is 0.237 e. The molecule has 2 aliphatic rings. The Bertz CT molecular complexity index is 326. The van der Waals surface area contributed by atoms with E-state index in [1.165, 1.54) is 13.1 Å². The second-order valence-electron chi connectivity index (χ2n) is 6.24. The third kappa shape index (κ3) is 5.50. The number of likely N-dealkylation sites (N-methyl/N-ethyl adjacent to an activating group) is 1. The van der Waals surface area contributed by atoms with Crippen LogP contribution in [0.25, 0.3) is 0 Å². The Morgan fingerprint density at radius 2 is 1.73 bits per heavy atom. The molecule has 0 aliphatic carbocycles. The van der Waals surface area contributed by atoms with Crippen molar-refractivity contribution in [2.24, 2.45) is 0 Å². The quantitative estimate of drug-likeness (QED) is 0.663. The van der Waals surface area contributed by atoms with Gasteiger partial charge in [0.25, 0.3) is 0 Å². The maximum atomic E-state index is 12.2. The first-order valence-corrected chi connectivity index (χ1v) is 8.75. The van der Waals surface area contributed by atoms with E-state index in [1.807, 2.05) is 6.92 Å². The van der Waals surface area contributed by atoms with Crippen molar-refractivity contribution in [3.8, 4) is 0 Å². The normalized spacial score (nSPS) is 23.4. The van der Waals surface area contributed by atoms with Crippen molar-refractivity contribution in [2.45, 2.75) is 26.3 Å². The summed E-state index contributed by atoms with van der Waals surface area (Å²) in [5, 5.41) is 3.08. The van der Waals surface area contributed by atoms with E-state index in [0.29, 0.717) is 0 Å². The highest BCUT2D eigenvalue weighted by atomic mass is 16.5. The van der Waals surface area contributed by atoms with Crippen molar-refractivity contribution >= 4 is 5.91 Å². The lowest BCUT2D eigenvalue weighted by atomic mass is 10.2. The third-order valence-electron chi connectivity index (χ3n) is 4.84. The first-order chi connectivity index (χ1) is 10.7. The topological polar surface area (TPSA) is 48.0 Å². The molecule has 2 fully saturated rings. The molecule has 1 N–H and O–H groups in total. The molecule has 0 spiro atoms. The Hall–Kier alpha value is -0.690. The molecule has 6 nitrogen and oxygen atoms in total. The number of carbonyl (C=O) groups excluding carboxylic acids is 1. The Balaban J connectivity index is 1.55. The summed E-state index contributed by atoms with van der Waals surface area (Å²) in [6, 6.07) is -0.0444. The second-order valence-corrected chi connectivity index (χ2v) is 6.24. The highest BCUT2D eigenvalue weighted by Crippen LogP contribution is 2.04. The Morgan fingerprint density at radius 3 is 2.36 bits per heavy atom. The molecule has 0 radical (unpaired) electrons. The minimum absolute atomic E-state index is 0.0444. The number of ether oxygens (including phenoxy) is 1. The molecule has 128 valence electrons. The van der Waals surface area contributed by atoms with Crippen molar-refractivity contribution in [1.82, 2.24) is 20.0 Å². The number of hydrogen-bond donors (Lipinski definition) is 1. The zero-order valence-corrected chi connectivity index (χ0v) is 14.2. The van der Waals surface area contributed by atoms with E-state index in [0.717, 1.165) is 65.4 Å². The molecule has 1 atom stereocenters. The Labute approximate surface area is 134 Å². The Kier molecular flexibility index (Phi) is 7.59. The van der Waals surface area contributed by atoms with E-state index in [4.69, 9.17) is 4.74 Å². The maximum absolute atomic E-state index is 12.2. The number of morpholine rings is 1. The molecule has 22 heavy (non-hydrogen) atoms. The van der Waals surface area contributed by atoms with Gasteiger partial charge in [-0.15, -0.1) is 0 Å². The molecule has 2 aliphatic heterocycles. The molecule has 2 rings (SSSR count). The first kappa shape index (κ1) is 17.7. The minimum atomic E-state index is -0.0444. The van der Waals surface area contributed by atoms with Gasteiger partial charge in [0.1, 0.15) is 0 Å². The molecule has 6 heteroatoms. The smallest absolute Gasteiger partial charge is 0.237 e. The van der Waals surface area contributed by atoms with Crippen molar-refractivity contribution in [3.63, 3.8) is 0 Å². The first-order valence-electron chi connectivity index (χ1n) is 8.75. The molecule has 0 saturated carbocycles. The summed E-state index contributed by atoms with van der Waals surface area (Å²) in [7, 11) is 0. The second kappa shape index (κ2) is 9.45. The van der Waals surface area contributed by atoms with Crippen LogP contribution in [0.2, 0.25) is 0 Å². The van der Waals surface area contributed by atoms with E-state index in [2.05, 4.69) is 26.9 Å².